The van der Waals surface area contributed by atoms with Crippen LogP contribution in [0.15, 0.2) is 0 Å². The molecule has 2 amide bonds. The van der Waals surface area contributed by atoms with Crippen molar-refractivity contribution in [1.82, 2.24) is 15.1 Å². The second-order valence-electron chi connectivity index (χ2n) is 8.09. The van der Waals surface area contributed by atoms with Crippen LogP contribution in [0, 0.1) is 5.41 Å². The molecule has 3 saturated heterocycles. The number of hydrogen-bond donors (Lipinski definition) is 1. The zero-order valence-corrected chi connectivity index (χ0v) is 14.9. The zero-order chi connectivity index (χ0) is 17.4. The van der Waals surface area contributed by atoms with E-state index in [0.29, 0.717) is 19.5 Å². The monoisotopic (exact) mass is 339 g/mol. The van der Waals surface area contributed by atoms with Crippen molar-refractivity contribution in [1.29, 1.82) is 0 Å². The van der Waals surface area contributed by atoms with E-state index < -0.39 is 5.67 Å². The molecule has 0 radical (unpaired) electrons. The van der Waals surface area contributed by atoms with Crippen LogP contribution in [0.2, 0.25) is 0 Å². The molecule has 24 heavy (non-hydrogen) atoms. The Bertz CT molecular complexity index is 492. The summed E-state index contributed by atoms with van der Waals surface area (Å²) < 4.78 is 14.6. The van der Waals surface area contributed by atoms with E-state index in [1.807, 2.05) is 6.92 Å². The highest BCUT2D eigenvalue weighted by molar-refractivity contribution is 5.85. The molecule has 3 fully saturated rings. The second-order valence-corrected chi connectivity index (χ2v) is 8.09. The lowest BCUT2D eigenvalue weighted by Gasteiger charge is -2.55. The largest absolute Gasteiger partial charge is 0.355 e. The van der Waals surface area contributed by atoms with E-state index in [9.17, 15) is 14.0 Å². The fraction of sp³-hybridized carbons (Fsp3) is 0.889. The van der Waals surface area contributed by atoms with E-state index >= 15 is 0 Å². The highest BCUT2D eigenvalue weighted by Gasteiger charge is 2.50. The van der Waals surface area contributed by atoms with Crippen LogP contribution in [-0.4, -0.2) is 66.0 Å². The van der Waals surface area contributed by atoms with Crippen molar-refractivity contribution in [3.8, 4) is 0 Å². The minimum absolute atomic E-state index is 0.0402. The molecule has 2 atom stereocenters. The zero-order valence-electron chi connectivity index (χ0n) is 14.9. The van der Waals surface area contributed by atoms with Gasteiger partial charge in [0.2, 0.25) is 5.91 Å². The van der Waals surface area contributed by atoms with E-state index in [4.69, 9.17) is 0 Å². The smallest absolute Gasteiger partial charge is 0.259 e. The molecule has 1 spiro atoms. The van der Waals surface area contributed by atoms with Crippen LogP contribution in [0.25, 0.3) is 0 Å². The Balaban J connectivity index is 1.48. The van der Waals surface area contributed by atoms with Gasteiger partial charge in [0.15, 0.2) is 5.67 Å². The van der Waals surface area contributed by atoms with Gasteiger partial charge in [-0.1, -0.05) is 19.8 Å². The topological polar surface area (TPSA) is 52.7 Å². The number of likely N-dealkylation sites (tertiary alicyclic amines) is 2. The van der Waals surface area contributed by atoms with Gasteiger partial charge in [-0.2, -0.15) is 0 Å². The third-order valence-electron chi connectivity index (χ3n) is 6.09. The van der Waals surface area contributed by atoms with Gasteiger partial charge >= 0.3 is 0 Å². The van der Waals surface area contributed by atoms with Crippen molar-refractivity contribution >= 4 is 11.8 Å². The average molecular weight is 339 g/mol. The number of halogens is 1. The Morgan fingerprint density at radius 3 is 2.58 bits per heavy atom. The summed E-state index contributed by atoms with van der Waals surface area (Å²) in [5.41, 5.74) is -1.50. The first kappa shape index (κ1) is 17.6. The normalized spacial score (nSPS) is 29.2. The van der Waals surface area contributed by atoms with Crippen LogP contribution >= 0.6 is 0 Å². The maximum atomic E-state index is 14.6. The first-order valence-electron chi connectivity index (χ1n) is 9.37. The van der Waals surface area contributed by atoms with Crippen LogP contribution in [0.4, 0.5) is 4.39 Å². The SMILES string of the molecule is CCCCC(C)(F)C(=O)N1CCC2(CC1)CN(C1CCNC1=O)C2. The molecule has 0 aromatic heterocycles. The molecule has 136 valence electrons. The van der Waals surface area contributed by atoms with Gasteiger partial charge in [0.05, 0.1) is 6.04 Å². The van der Waals surface area contributed by atoms with E-state index in [-0.39, 0.29) is 23.3 Å². The summed E-state index contributed by atoms with van der Waals surface area (Å²) in [6.45, 7) is 7.40. The van der Waals surface area contributed by atoms with Gasteiger partial charge in [-0.05, 0) is 38.0 Å². The lowest BCUT2D eigenvalue weighted by atomic mass is 9.71. The Kier molecular flexibility index (Phi) is 4.87. The van der Waals surface area contributed by atoms with Crippen LogP contribution in [0.5, 0.6) is 0 Å². The molecule has 2 unspecified atom stereocenters. The first-order valence-corrected chi connectivity index (χ1v) is 9.37. The van der Waals surface area contributed by atoms with Gasteiger partial charge in [-0.3, -0.25) is 14.5 Å². The molecular weight excluding hydrogens is 309 g/mol. The number of nitrogens with one attached hydrogen (secondary N) is 1. The highest BCUT2D eigenvalue weighted by Crippen LogP contribution is 2.42. The highest BCUT2D eigenvalue weighted by atomic mass is 19.1. The molecule has 3 heterocycles. The lowest BCUT2D eigenvalue weighted by Crippen LogP contribution is -2.64. The number of nitrogens with zero attached hydrogens (tertiary/aromatic N) is 2. The molecule has 3 aliphatic heterocycles. The Morgan fingerprint density at radius 1 is 1.38 bits per heavy atom. The lowest BCUT2D eigenvalue weighted by molar-refractivity contribution is -0.150. The van der Waals surface area contributed by atoms with Crippen molar-refractivity contribution in [2.45, 2.75) is 64.1 Å². The number of rotatable bonds is 5. The first-order chi connectivity index (χ1) is 11.4. The van der Waals surface area contributed by atoms with Gasteiger partial charge in [-0.25, -0.2) is 4.39 Å². The molecule has 0 aromatic carbocycles. The Morgan fingerprint density at radius 2 is 2.04 bits per heavy atom. The average Bonchev–Trinajstić information content (AvgIpc) is 2.96. The van der Waals surface area contributed by atoms with Crippen molar-refractivity contribution in [2.75, 3.05) is 32.7 Å². The van der Waals surface area contributed by atoms with Gasteiger partial charge in [0.1, 0.15) is 0 Å². The van der Waals surface area contributed by atoms with Crippen molar-refractivity contribution in [3.05, 3.63) is 0 Å². The number of carbonyl (C=O) groups excluding carboxylic acids is 2. The fourth-order valence-electron chi connectivity index (χ4n) is 4.41. The summed E-state index contributed by atoms with van der Waals surface area (Å²) in [5, 5.41) is 2.89. The summed E-state index contributed by atoms with van der Waals surface area (Å²) in [6, 6.07) is 0.0402. The van der Waals surface area contributed by atoms with Gasteiger partial charge in [0.25, 0.3) is 5.91 Å². The molecule has 6 heteroatoms. The molecule has 3 aliphatic rings. The number of amides is 2. The molecule has 1 N–H and O–H groups in total. The fourth-order valence-corrected chi connectivity index (χ4v) is 4.41. The summed E-state index contributed by atoms with van der Waals surface area (Å²) in [6.07, 6.45) is 4.71. The van der Waals surface area contributed by atoms with E-state index in [1.165, 1.54) is 6.92 Å². The quantitative estimate of drug-likeness (QED) is 0.830. The molecule has 0 saturated carbocycles. The van der Waals surface area contributed by atoms with E-state index in [1.54, 1.807) is 4.90 Å². The maximum absolute atomic E-state index is 14.6. The van der Waals surface area contributed by atoms with Crippen LogP contribution in [-0.2, 0) is 9.59 Å². The second kappa shape index (κ2) is 6.62. The third kappa shape index (κ3) is 3.30. The van der Waals surface area contributed by atoms with Gasteiger partial charge in [-0.15, -0.1) is 0 Å². The predicted octanol–water partition coefficient (Wildman–Crippen LogP) is 1.72. The van der Waals surface area contributed by atoms with Crippen molar-refractivity contribution in [2.24, 2.45) is 5.41 Å². The third-order valence-corrected chi connectivity index (χ3v) is 6.09. The summed E-state index contributed by atoms with van der Waals surface area (Å²) in [7, 11) is 0. The number of hydrogen-bond acceptors (Lipinski definition) is 3. The minimum atomic E-state index is -1.73. The molecular formula is C18H30FN3O2. The number of carbonyl (C=O) groups is 2. The van der Waals surface area contributed by atoms with Crippen molar-refractivity contribution < 1.29 is 14.0 Å². The van der Waals surface area contributed by atoms with Crippen LogP contribution < -0.4 is 5.32 Å². The Hall–Kier alpha value is -1.17. The minimum Gasteiger partial charge on any atom is -0.355 e. The number of unbranched alkanes of at least 4 members (excludes halogenated alkanes) is 1. The number of alkyl halides is 1. The molecule has 0 bridgehead atoms. The molecule has 3 rings (SSSR count). The van der Waals surface area contributed by atoms with Crippen LogP contribution in [0.3, 0.4) is 0 Å². The van der Waals surface area contributed by atoms with Gasteiger partial charge < -0.3 is 10.2 Å². The summed E-state index contributed by atoms with van der Waals surface area (Å²) in [5.74, 6) is -0.182. The standard InChI is InChI=1S/C18H30FN3O2/c1-3-4-6-17(2,19)16(24)21-10-7-18(8-11-21)12-22(13-18)14-5-9-20-15(14)23/h14H,3-13H2,1-2H3,(H,20,23). The summed E-state index contributed by atoms with van der Waals surface area (Å²) in [4.78, 5) is 28.2. The predicted molar refractivity (Wildman–Crippen MR) is 90.3 cm³/mol. The Labute approximate surface area is 143 Å². The number of piperidine rings is 1. The summed E-state index contributed by atoms with van der Waals surface area (Å²) >= 11 is 0. The molecule has 0 aliphatic carbocycles. The molecule has 5 nitrogen and oxygen atoms in total. The van der Waals surface area contributed by atoms with E-state index in [2.05, 4.69) is 10.2 Å². The van der Waals surface area contributed by atoms with E-state index in [0.717, 1.165) is 51.7 Å². The molecule has 0 aromatic rings. The maximum Gasteiger partial charge on any atom is 0.259 e. The van der Waals surface area contributed by atoms with Crippen molar-refractivity contribution in [3.63, 3.8) is 0 Å². The van der Waals surface area contributed by atoms with Crippen LogP contribution in [0.1, 0.15) is 52.4 Å². The van der Waals surface area contributed by atoms with Gasteiger partial charge in [0, 0.05) is 32.7 Å².